The summed E-state index contributed by atoms with van der Waals surface area (Å²) in [4.78, 5) is 0. The van der Waals surface area contributed by atoms with Gasteiger partial charge < -0.3 is 0 Å². The van der Waals surface area contributed by atoms with Crippen LogP contribution in [0, 0.1) is 0 Å². The largest absolute Gasteiger partial charge is 0.130 e. The first-order chi connectivity index (χ1) is 1.89. The molecule has 0 radical (unpaired) electrons. The Labute approximate surface area is 30.3 Å². The third-order valence-electron chi connectivity index (χ3n) is 0.440. The minimum atomic E-state index is 1.03. The van der Waals surface area contributed by atoms with E-state index in [0.29, 0.717) is 0 Å². The van der Waals surface area contributed by atoms with Crippen LogP contribution in [-0.2, 0) is 0 Å². The molecule has 1 fully saturated rings. The lowest BCUT2D eigenvalue weighted by molar-refractivity contribution is 1.64. The molecule has 1 saturated heterocycles. The molecule has 0 nitrogen and oxygen atoms in total. The van der Waals surface area contributed by atoms with Gasteiger partial charge in [-0.25, -0.2) is 0 Å². The zero-order valence-electron chi connectivity index (χ0n) is 2.36. The van der Waals surface area contributed by atoms with Crippen LogP contribution in [0.1, 0.15) is 0 Å². The van der Waals surface area contributed by atoms with Crippen molar-refractivity contribution in [3.05, 3.63) is 0 Å². The van der Waals surface area contributed by atoms with Crippen LogP contribution in [0.4, 0.5) is 0 Å². The molecule has 0 aromatic rings. The van der Waals surface area contributed by atoms with E-state index in [1.54, 1.807) is 0 Å². The van der Waals surface area contributed by atoms with Gasteiger partial charge in [0.2, 0.25) is 0 Å². The maximum atomic E-state index is 2.78. The van der Waals surface area contributed by atoms with Crippen LogP contribution in [0.2, 0.25) is 0 Å². The summed E-state index contributed by atoms with van der Waals surface area (Å²) in [6.45, 7) is 0. The van der Waals surface area contributed by atoms with E-state index in [0.717, 1.165) is 5.40 Å². The smallest absolute Gasteiger partial charge is 0.00524 e. The first kappa shape index (κ1) is 3.07. The van der Waals surface area contributed by atoms with Crippen molar-refractivity contribution in [1.82, 2.24) is 0 Å². The van der Waals surface area contributed by atoms with Crippen LogP contribution in [0.5, 0.6) is 0 Å². The van der Waals surface area contributed by atoms with Gasteiger partial charge in [-0.1, -0.05) is 0 Å². The first-order valence-electron chi connectivity index (χ1n) is 1.38. The lowest BCUT2D eigenvalue weighted by atomic mass is 11.0. The maximum absolute atomic E-state index is 2.78. The van der Waals surface area contributed by atoms with Crippen molar-refractivity contribution in [2.75, 3.05) is 6.16 Å². The topological polar surface area (TPSA) is 0 Å². The average Bonchev–Trinajstić information content (AvgIpc) is 1.75. The predicted molar refractivity (Wildman–Crippen MR) is 26.7 cm³/mol. The molecule has 0 saturated carbocycles. The van der Waals surface area contributed by atoms with Gasteiger partial charge in [0, 0.05) is 0 Å². The van der Waals surface area contributed by atoms with Gasteiger partial charge in [0.05, 0.1) is 0 Å². The highest BCUT2D eigenvalue weighted by Gasteiger charge is 2.12. The molecule has 24 valence electrons. The van der Waals surface area contributed by atoms with E-state index in [1.807, 2.05) is 0 Å². The Morgan fingerprint density at radius 2 is 2.25 bits per heavy atom. The van der Waals surface area contributed by atoms with Gasteiger partial charge in [-0.2, -0.15) is 0 Å². The summed E-state index contributed by atoms with van der Waals surface area (Å²) in [6, 6.07) is 0. The van der Waals surface area contributed by atoms with Crippen molar-refractivity contribution >= 4 is 17.8 Å². The summed E-state index contributed by atoms with van der Waals surface area (Å²) < 4.78 is 0. The van der Waals surface area contributed by atoms with Crippen LogP contribution in [0.25, 0.3) is 0 Å². The highest BCUT2D eigenvalue weighted by atomic mass is 31.1. The van der Waals surface area contributed by atoms with E-state index in [1.165, 1.54) is 14.7 Å². The highest BCUT2D eigenvalue weighted by molar-refractivity contribution is 7.59. The predicted octanol–water partition coefficient (Wildman–Crippen LogP) is 0.880. The van der Waals surface area contributed by atoms with Crippen molar-refractivity contribution < 1.29 is 0 Å². The molecule has 0 aliphatic carbocycles. The van der Waals surface area contributed by atoms with Crippen molar-refractivity contribution in [1.29, 1.82) is 0 Å². The van der Waals surface area contributed by atoms with E-state index in [2.05, 4.69) is 9.24 Å². The molecule has 1 heterocycles. The molecule has 4 heavy (non-hydrogen) atoms. The molecule has 3 atom stereocenters. The third-order valence-corrected chi connectivity index (χ3v) is 2.73. The second kappa shape index (κ2) is 0.919. The molecule has 0 amide bonds. The molecule has 0 bridgehead atoms. The molecule has 0 spiro atoms. The monoisotopic (exact) mass is 92.0 g/mol. The molecule has 0 aromatic carbocycles. The minimum Gasteiger partial charge on any atom is -0.130 e. The van der Waals surface area contributed by atoms with Crippen LogP contribution in [0.3, 0.4) is 0 Å². The molecule has 1 rings (SSSR count). The quantitative estimate of drug-likeness (QED) is 0.389. The summed E-state index contributed by atoms with van der Waals surface area (Å²) in [6.07, 6.45) is 1.48. The summed E-state index contributed by atoms with van der Waals surface area (Å²) in [5.74, 6) is 0. The van der Waals surface area contributed by atoms with Gasteiger partial charge in [-0.05, 0) is 11.6 Å². The van der Waals surface area contributed by atoms with Gasteiger partial charge >= 0.3 is 0 Å². The minimum absolute atomic E-state index is 1.03. The summed E-state index contributed by atoms with van der Waals surface area (Å²) >= 11 is 0. The Bertz CT molecular complexity index is 23.2. The Hall–Kier alpha value is 0.860. The van der Waals surface area contributed by atoms with Crippen molar-refractivity contribution in [2.24, 2.45) is 0 Å². The lowest BCUT2D eigenvalue weighted by Crippen LogP contribution is -1.46. The molecule has 0 N–H and O–H groups in total. The molecule has 2 heteroatoms. The van der Waals surface area contributed by atoms with Gasteiger partial charge in [-0.15, -0.1) is 17.8 Å². The molecule has 0 aromatic heterocycles. The zero-order chi connectivity index (χ0) is 2.99. The summed E-state index contributed by atoms with van der Waals surface area (Å²) in [5, 5.41) is 1.03. The normalized spacial score (nSPS) is 45.8. The van der Waals surface area contributed by atoms with Gasteiger partial charge in [0.1, 0.15) is 0 Å². The van der Waals surface area contributed by atoms with Gasteiger partial charge in [0.25, 0.3) is 0 Å². The SMILES string of the molecule is PC1CP1. The fourth-order valence-corrected chi connectivity index (χ4v) is 0.612. The fourth-order valence-electron chi connectivity index (χ4n) is 0.0680. The highest BCUT2D eigenvalue weighted by Crippen LogP contribution is 2.43. The van der Waals surface area contributed by atoms with E-state index in [4.69, 9.17) is 0 Å². The number of rotatable bonds is 0. The van der Waals surface area contributed by atoms with Gasteiger partial charge in [-0.3, -0.25) is 0 Å². The second-order valence-electron chi connectivity index (χ2n) is 1.01. The Morgan fingerprint density at radius 3 is 2.25 bits per heavy atom. The summed E-state index contributed by atoms with van der Waals surface area (Å²) in [5.41, 5.74) is 0. The Kier molecular flexibility index (Phi) is 0.705. The van der Waals surface area contributed by atoms with E-state index < -0.39 is 0 Å². The fraction of sp³-hybridized carbons (Fsp3) is 1.00. The first-order valence-corrected chi connectivity index (χ1v) is 3.33. The van der Waals surface area contributed by atoms with Crippen molar-refractivity contribution in [2.45, 2.75) is 5.40 Å². The lowest BCUT2D eigenvalue weighted by Gasteiger charge is -1.53. The Morgan fingerprint density at radius 1 is 2.00 bits per heavy atom. The van der Waals surface area contributed by atoms with Crippen LogP contribution in [0.15, 0.2) is 0 Å². The van der Waals surface area contributed by atoms with E-state index >= 15 is 0 Å². The van der Waals surface area contributed by atoms with Crippen molar-refractivity contribution in [3.63, 3.8) is 0 Å². The molecular formula is C2H6P2. The van der Waals surface area contributed by atoms with E-state index in [9.17, 15) is 0 Å². The van der Waals surface area contributed by atoms with E-state index in [-0.39, 0.29) is 0 Å². The third kappa shape index (κ3) is 0.664. The Balaban J connectivity index is 2.17. The van der Waals surface area contributed by atoms with Gasteiger partial charge in [0.15, 0.2) is 0 Å². The number of hydrogen-bond acceptors (Lipinski definition) is 0. The number of hydrogen-bond donors (Lipinski definition) is 0. The van der Waals surface area contributed by atoms with Crippen LogP contribution in [-0.4, -0.2) is 11.6 Å². The van der Waals surface area contributed by atoms with Crippen LogP contribution >= 0.6 is 17.8 Å². The standard InChI is InChI=1S/C2H6P2/c3-2-1-4-2/h2,4H,1,3H2. The molecule has 1 aliphatic rings. The maximum Gasteiger partial charge on any atom is -0.00524 e. The van der Waals surface area contributed by atoms with Crippen LogP contribution < -0.4 is 0 Å². The zero-order valence-corrected chi connectivity index (χ0v) is 4.52. The average molecular weight is 92.0 g/mol. The molecular weight excluding hydrogens is 86.0 g/mol. The molecule has 3 unspecified atom stereocenters. The summed E-state index contributed by atoms with van der Waals surface area (Å²) in [7, 11) is 4.05. The molecule has 1 aliphatic heterocycles. The second-order valence-corrected chi connectivity index (χ2v) is 4.04. The van der Waals surface area contributed by atoms with Crippen molar-refractivity contribution in [3.8, 4) is 0 Å².